The first kappa shape index (κ1) is 18.4. The van der Waals surface area contributed by atoms with Gasteiger partial charge >= 0.3 is 12.0 Å². The van der Waals surface area contributed by atoms with Crippen LogP contribution in [0.15, 0.2) is 36.8 Å². The molecule has 2 amide bonds. The van der Waals surface area contributed by atoms with Gasteiger partial charge in [0.05, 0.1) is 17.8 Å². The van der Waals surface area contributed by atoms with Crippen molar-refractivity contribution in [2.75, 3.05) is 10.2 Å². The standard InChI is InChI=1S/C15H12F3N5O4/c16-15(17,18)11-5-13(24)20-9-3-1-2-4-10(9)22(11)14(25)7-21-6-12(19-8-21)23(26)27/h1-4,6,8,11H,5,7H2,(H,20,24). The summed E-state index contributed by atoms with van der Waals surface area (Å²) in [6.07, 6.45) is -3.90. The van der Waals surface area contributed by atoms with E-state index >= 15 is 0 Å². The van der Waals surface area contributed by atoms with Crippen LogP contribution in [0.2, 0.25) is 0 Å². The Kier molecular flexibility index (Phi) is 4.56. The summed E-state index contributed by atoms with van der Waals surface area (Å²) in [5.41, 5.74) is -0.0375. The molecule has 1 aliphatic rings. The molecule has 0 aliphatic carbocycles. The van der Waals surface area contributed by atoms with E-state index in [9.17, 15) is 32.9 Å². The van der Waals surface area contributed by atoms with Crippen LogP contribution >= 0.6 is 0 Å². The van der Waals surface area contributed by atoms with Crippen LogP contribution in [0.25, 0.3) is 0 Å². The van der Waals surface area contributed by atoms with Crippen LogP contribution in [-0.2, 0) is 16.1 Å². The topological polar surface area (TPSA) is 110 Å². The molecule has 1 atom stereocenters. The normalized spacial score (nSPS) is 17.1. The Morgan fingerprint density at radius 1 is 1.37 bits per heavy atom. The molecule has 0 saturated heterocycles. The molecule has 0 bridgehead atoms. The highest BCUT2D eigenvalue weighted by atomic mass is 19.4. The Hall–Kier alpha value is -3.44. The summed E-state index contributed by atoms with van der Waals surface area (Å²) in [6.45, 7) is -0.615. The van der Waals surface area contributed by atoms with Gasteiger partial charge in [0.25, 0.3) is 0 Å². The van der Waals surface area contributed by atoms with Gasteiger partial charge in [0.1, 0.15) is 18.8 Å². The molecule has 27 heavy (non-hydrogen) atoms. The van der Waals surface area contributed by atoms with Crippen LogP contribution in [0.1, 0.15) is 6.42 Å². The molecule has 0 saturated carbocycles. The predicted molar refractivity (Wildman–Crippen MR) is 85.9 cm³/mol. The van der Waals surface area contributed by atoms with E-state index in [-0.39, 0.29) is 11.4 Å². The lowest BCUT2D eigenvalue weighted by atomic mass is 10.1. The fraction of sp³-hybridized carbons (Fsp3) is 0.267. The SMILES string of the molecule is O=C1CC(C(F)(F)F)N(C(=O)Cn2cnc([N+](=O)[O-])c2)c2ccccc2N1. The van der Waals surface area contributed by atoms with E-state index in [4.69, 9.17) is 0 Å². The number of para-hydroxylation sites is 2. The fourth-order valence-electron chi connectivity index (χ4n) is 2.76. The van der Waals surface area contributed by atoms with E-state index < -0.39 is 47.7 Å². The Labute approximate surface area is 149 Å². The number of nitro groups is 1. The summed E-state index contributed by atoms with van der Waals surface area (Å²) in [5.74, 6) is -2.41. The molecule has 142 valence electrons. The zero-order valence-corrected chi connectivity index (χ0v) is 13.5. The third-order valence-corrected chi connectivity index (χ3v) is 3.90. The number of anilines is 2. The molecule has 1 aromatic heterocycles. The summed E-state index contributed by atoms with van der Waals surface area (Å²) < 4.78 is 41.7. The molecule has 0 radical (unpaired) electrons. The van der Waals surface area contributed by atoms with Crippen molar-refractivity contribution in [3.05, 3.63) is 46.9 Å². The molecule has 0 spiro atoms. The summed E-state index contributed by atoms with van der Waals surface area (Å²) >= 11 is 0. The molecule has 1 aliphatic heterocycles. The number of carbonyl (C=O) groups excluding carboxylic acids is 2. The number of hydrogen-bond acceptors (Lipinski definition) is 5. The lowest BCUT2D eigenvalue weighted by Crippen LogP contribution is -2.50. The zero-order chi connectivity index (χ0) is 19.8. The van der Waals surface area contributed by atoms with E-state index in [1.807, 2.05) is 0 Å². The van der Waals surface area contributed by atoms with Crippen molar-refractivity contribution in [3.63, 3.8) is 0 Å². The number of rotatable bonds is 3. The van der Waals surface area contributed by atoms with Gasteiger partial charge in [0, 0.05) is 0 Å². The Morgan fingerprint density at radius 3 is 2.70 bits per heavy atom. The van der Waals surface area contributed by atoms with Crippen LogP contribution in [0.5, 0.6) is 0 Å². The molecule has 2 heterocycles. The quantitative estimate of drug-likeness (QED) is 0.645. The molecule has 9 nitrogen and oxygen atoms in total. The number of aromatic nitrogens is 2. The van der Waals surface area contributed by atoms with Crippen molar-refractivity contribution >= 4 is 29.0 Å². The van der Waals surface area contributed by atoms with Crippen molar-refractivity contribution in [3.8, 4) is 0 Å². The van der Waals surface area contributed by atoms with Gasteiger partial charge in [-0.3, -0.25) is 14.5 Å². The Morgan fingerprint density at radius 2 is 2.07 bits per heavy atom. The average Bonchev–Trinajstić information content (AvgIpc) is 2.97. The summed E-state index contributed by atoms with van der Waals surface area (Å²) in [7, 11) is 0. The minimum atomic E-state index is -4.86. The predicted octanol–water partition coefficient (Wildman–Crippen LogP) is 2.10. The summed E-state index contributed by atoms with van der Waals surface area (Å²) in [5, 5.41) is 13.0. The lowest BCUT2D eigenvalue weighted by Gasteiger charge is -2.31. The van der Waals surface area contributed by atoms with E-state index in [1.165, 1.54) is 24.3 Å². The molecule has 3 rings (SSSR count). The van der Waals surface area contributed by atoms with Crippen LogP contribution in [-0.4, -0.2) is 38.5 Å². The number of alkyl halides is 3. The monoisotopic (exact) mass is 383 g/mol. The van der Waals surface area contributed by atoms with Crippen LogP contribution < -0.4 is 10.2 Å². The third-order valence-electron chi connectivity index (χ3n) is 3.90. The van der Waals surface area contributed by atoms with Crippen molar-refractivity contribution in [1.29, 1.82) is 0 Å². The van der Waals surface area contributed by atoms with Crippen molar-refractivity contribution in [2.45, 2.75) is 25.2 Å². The van der Waals surface area contributed by atoms with Gasteiger partial charge < -0.3 is 20.0 Å². The first-order chi connectivity index (χ1) is 12.7. The molecular weight excluding hydrogens is 371 g/mol. The molecule has 1 unspecified atom stereocenters. The average molecular weight is 383 g/mol. The number of nitrogens with one attached hydrogen (secondary N) is 1. The van der Waals surface area contributed by atoms with Gasteiger partial charge in [-0.2, -0.15) is 13.2 Å². The van der Waals surface area contributed by atoms with Gasteiger partial charge in [-0.25, -0.2) is 0 Å². The molecule has 1 aromatic carbocycles. The van der Waals surface area contributed by atoms with Gasteiger partial charge in [0.15, 0.2) is 0 Å². The number of benzene rings is 1. The second kappa shape index (κ2) is 6.70. The van der Waals surface area contributed by atoms with Gasteiger partial charge in [0.2, 0.25) is 18.1 Å². The second-order valence-electron chi connectivity index (χ2n) is 5.75. The van der Waals surface area contributed by atoms with Crippen LogP contribution in [0.3, 0.4) is 0 Å². The first-order valence-corrected chi connectivity index (χ1v) is 7.60. The highest BCUT2D eigenvalue weighted by Crippen LogP contribution is 2.37. The fourth-order valence-corrected chi connectivity index (χ4v) is 2.76. The zero-order valence-electron chi connectivity index (χ0n) is 13.5. The number of imidazole rings is 1. The molecule has 0 fully saturated rings. The number of fused-ring (bicyclic) bond motifs is 1. The van der Waals surface area contributed by atoms with E-state index in [0.717, 1.165) is 17.1 Å². The van der Waals surface area contributed by atoms with E-state index in [1.54, 1.807) is 0 Å². The highest BCUT2D eigenvalue weighted by molar-refractivity contribution is 6.04. The van der Waals surface area contributed by atoms with Crippen molar-refractivity contribution in [1.82, 2.24) is 9.55 Å². The molecule has 12 heteroatoms. The minimum absolute atomic E-state index is 0.0687. The highest BCUT2D eigenvalue weighted by Gasteiger charge is 2.49. The summed E-state index contributed by atoms with van der Waals surface area (Å²) in [4.78, 5) is 38.4. The van der Waals surface area contributed by atoms with E-state index in [2.05, 4.69) is 10.3 Å². The van der Waals surface area contributed by atoms with Crippen molar-refractivity contribution in [2.24, 2.45) is 0 Å². The lowest BCUT2D eigenvalue weighted by molar-refractivity contribution is -0.389. The Balaban J connectivity index is 2.00. The van der Waals surface area contributed by atoms with Crippen molar-refractivity contribution < 1.29 is 27.7 Å². The van der Waals surface area contributed by atoms with E-state index in [0.29, 0.717) is 4.90 Å². The number of carbonyl (C=O) groups is 2. The second-order valence-corrected chi connectivity index (χ2v) is 5.75. The molecule has 1 N–H and O–H groups in total. The summed E-state index contributed by atoms with van der Waals surface area (Å²) in [6, 6.07) is 3.25. The smallest absolute Gasteiger partial charge is 0.358 e. The van der Waals surface area contributed by atoms with Gasteiger partial charge in [-0.1, -0.05) is 12.1 Å². The van der Waals surface area contributed by atoms with Gasteiger partial charge in [-0.15, -0.1) is 0 Å². The maximum atomic E-state index is 13.6. The van der Waals surface area contributed by atoms with Crippen LogP contribution in [0.4, 0.5) is 30.4 Å². The van der Waals surface area contributed by atoms with Crippen LogP contribution in [0, 0.1) is 10.1 Å². The third kappa shape index (κ3) is 3.73. The molecule has 2 aromatic rings. The first-order valence-electron chi connectivity index (χ1n) is 7.60. The maximum Gasteiger partial charge on any atom is 0.409 e. The van der Waals surface area contributed by atoms with Gasteiger partial charge in [-0.05, 0) is 22.0 Å². The largest absolute Gasteiger partial charge is 0.409 e. The number of halogens is 3. The maximum absolute atomic E-state index is 13.6. The minimum Gasteiger partial charge on any atom is -0.358 e. The number of nitrogens with zero attached hydrogens (tertiary/aromatic N) is 4. The Bertz CT molecular complexity index is 911. The number of amides is 2. The molecular formula is C15H12F3N5O4. The number of hydrogen-bond donors (Lipinski definition) is 1.